The van der Waals surface area contributed by atoms with Crippen LogP contribution in [0.25, 0.3) is 0 Å². The van der Waals surface area contributed by atoms with E-state index in [9.17, 15) is 26.7 Å². The number of halogens is 5. The third-order valence-corrected chi connectivity index (χ3v) is 5.44. The SMILES string of the molecule is CCCCCC[C@H]1CC[C@H](C(=O)Oc2ccc(C(F)(F)C(F)(F)F)cc2)CC1. The van der Waals surface area contributed by atoms with Gasteiger partial charge in [0, 0.05) is 5.56 Å². The lowest BCUT2D eigenvalue weighted by Crippen LogP contribution is -2.33. The number of carbonyl (C=O) groups excluding carboxylic acids is 1. The van der Waals surface area contributed by atoms with Gasteiger partial charge in [0.1, 0.15) is 5.75 Å². The third kappa shape index (κ3) is 5.92. The number of rotatable bonds is 8. The lowest BCUT2D eigenvalue weighted by molar-refractivity contribution is -0.289. The van der Waals surface area contributed by atoms with Crippen LogP contribution < -0.4 is 4.74 Å². The zero-order valence-corrected chi connectivity index (χ0v) is 16.0. The Morgan fingerprint density at radius 1 is 0.964 bits per heavy atom. The highest BCUT2D eigenvalue weighted by Gasteiger charge is 2.58. The van der Waals surface area contributed by atoms with Gasteiger partial charge in [-0.2, -0.15) is 22.0 Å². The summed E-state index contributed by atoms with van der Waals surface area (Å²) in [4.78, 5) is 12.3. The van der Waals surface area contributed by atoms with Crippen molar-refractivity contribution >= 4 is 5.97 Å². The van der Waals surface area contributed by atoms with Crippen molar-refractivity contribution in [3.05, 3.63) is 29.8 Å². The molecule has 0 spiro atoms. The summed E-state index contributed by atoms with van der Waals surface area (Å²) < 4.78 is 68.9. The summed E-state index contributed by atoms with van der Waals surface area (Å²) in [5.74, 6) is -5.02. The number of hydrogen-bond acceptors (Lipinski definition) is 2. The number of alkyl halides is 5. The summed E-state index contributed by atoms with van der Waals surface area (Å²) in [5.41, 5.74) is -1.18. The molecule has 1 aromatic rings. The van der Waals surface area contributed by atoms with E-state index in [1.807, 2.05) is 0 Å². The van der Waals surface area contributed by atoms with E-state index in [1.54, 1.807) is 0 Å². The van der Waals surface area contributed by atoms with Crippen molar-refractivity contribution in [2.45, 2.75) is 76.8 Å². The van der Waals surface area contributed by atoms with Crippen LogP contribution in [0.5, 0.6) is 5.75 Å². The van der Waals surface area contributed by atoms with Gasteiger partial charge in [0.25, 0.3) is 0 Å². The van der Waals surface area contributed by atoms with Crippen LogP contribution in [0.2, 0.25) is 0 Å². The van der Waals surface area contributed by atoms with E-state index in [2.05, 4.69) is 6.92 Å². The highest BCUT2D eigenvalue weighted by atomic mass is 19.4. The molecule has 158 valence electrons. The Bertz CT molecular complexity index is 617. The van der Waals surface area contributed by atoms with Gasteiger partial charge in [-0.05, 0) is 55.9 Å². The molecule has 0 heterocycles. The fourth-order valence-corrected chi connectivity index (χ4v) is 3.64. The van der Waals surface area contributed by atoms with Crippen molar-refractivity contribution < 1.29 is 31.5 Å². The van der Waals surface area contributed by atoms with Crippen LogP contribution in [-0.2, 0) is 10.7 Å². The van der Waals surface area contributed by atoms with Crippen LogP contribution in [0.15, 0.2) is 24.3 Å². The minimum Gasteiger partial charge on any atom is -0.426 e. The van der Waals surface area contributed by atoms with Gasteiger partial charge in [-0.1, -0.05) is 39.0 Å². The number of hydrogen-bond donors (Lipinski definition) is 0. The van der Waals surface area contributed by atoms with Gasteiger partial charge in [-0.3, -0.25) is 4.79 Å². The Labute approximate surface area is 162 Å². The summed E-state index contributed by atoms with van der Waals surface area (Å²) in [6, 6.07) is 3.24. The predicted molar refractivity (Wildman–Crippen MR) is 96.2 cm³/mol. The highest BCUT2D eigenvalue weighted by Crippen LogP contribution is 2.44. The predicted octanol–water partition coefficient (Wildman–Crippen LogP) is 7.02. The highest BCUT2D eigenvalue weighted by molar-refractivity contribution is 5.75. The smallest absolute Gasteiger partial charge is 0.426 e. The zero-order valence-electron chi connectivity index (χ0n) is 16.0. The first-order valence-electron chi connectivity index (χ1n) is 9.92. The molecule has 0 amide bonds. The Morgan fingerprint density at radius 3 is 2.11 bits per heavy atom. The maximum absolute atomic E-state index is 13.3. The third-order valence-electron chi connectivity index (χ3n) is 5.44. The molecular formula is C21H27F5O2. The van der Waals surface area contributed by atoms with Crippen LogP contribution in [0.4, 0.5) is 22.0 Å². The first-order chi connectivity index (χ1) is 13.1. The molecule has 28 heavy (non-hydrogen) atoms. The van der Waals surface area contributed by atoms with Crippen molar-refractivity contribution in [2.75, 3.05) is 0 Å². The number of ether oxygens (including phenoxy) is 1. The van der Waals surface area contributed by atoms with Crippen molar-refractivity contribution in [1.82, 2.24) is 0 Å². The van der Waals surface area contributed by atoms with Gasteiger partial charge in [0.2, 0.25) is 0 Å². The van der Waals surface area contributed by atoms with Gasteiger partial charge in [0.15, 0.2) is 0 Å². The monoisotopic (exact) mass is 406 g/mol. The average Bonchev–Trinajstić information content (AvgIpc) is 2.65. The van der Waals surface area contributed by atoms with E-state index >= 15 is 0 Å². The molecule has 7 heteroatoms. The quantitative estimate of drug-likeness (QED) is 0.201. The molecule has 0 N–H and O–H groups in total. The molecule has 0 aliphatic heterocycles. The van der Waals surface area contributed by atoms with E-state index in [4.69, 9.17) is 4.74 Å². The lowest BCUT2D eigenvalue weighted by Gasteiger charge is -2.27. The normalized spacial score (nSPS) is 20.8. The second-order valence-corrected chi connectivity index (χ2v) is 7.58. The zero-order chi connectivity index (χ0) is 20.8. The largest absolute Gasteiger partial charge is 0.458 e. The summed E-state index contributed by atoms with van der Waals surface area (Å²) in [6.07, 6.45) is 3.78. The summed E-state index contributed by atoms with van der Waals surface area (Å²) in [6.45, 7) is 2.17. The molecule has 2 rings (SSSR count). The molecule has 1 aliphatic rings. The lowest BCUT2D eigenvalue weighted by atomic mass is 9.80. The van der Waals surface area contributed by atoms with E-state index in [-0.39, 0.29) is 11.7 Å². The number of carbonyl (C=O) groups is 1. The molecule has 0 unspecified atom stereocenters. The van der Waals surface area contributed by atoms with Crippen molar-refractivity contribution in [1.29, 1.82) is 0 Å². The summed E-state index contributed by atoms with van der Waals surface area (Å²) in [7, 11) is 0. The fraction of sp³-hybridized carbons (Fsp3) is 0.667. The molecule has 1 saturated carbocycles. The molecule has 0 radical (unpaired) electrons. The van der Waals surface area contributed by atoms with Gasteiger partial charge in [-0.25, -0.2) is 0 Å². The Hall–Kier alpha value is -1.66. The van der Waals surface area contributed by atoms with E-state index < -0.39 is 23.6 Å². The topological polar surface area (TPSA) is 26.3 Å². The van der Waals surface area contributed by atoms with Gasteiger partial charge in [-0.15, -0.1) is 0 Å². The molecule has 0 saturated heterocycles. The summed E-state index contributed by atoms with van der Waals surface area (Å²) >= 11 is 0. The molecule has 0 bridgehead atoms. The van der Waals surface area contributed by atoms with Gasteiger partial charge < -0.3 is 4.74 Å². The first kappa shape index (κ1) is 22.6. The van der Waals surface area contributed by atoms with Gasteiger partial charge >= 0.3 is 18.1 Å². The van der Waals surface area contributed by atoms with Crippen molar-refractivity contribution in [3.8, 4) is 5.75 Å². The Kier molecular flexibility index (Phi) is 7.84. The molecule has 1 fully saturated rings. The standard InChI is InChI=1S/C21H27F5O2/c1-2-3-4-5-6-15-7-9-16(10-8-15)19(27)28-18-13-11-17(12-14-18)20(22,23)21(24,25)26/h11-16H,2-10H2,1H3/t15-,16-. The maximum Gasteiger partial charge on any atom is 0.458 e. The second kappa shape index (κ2) is 9.70. The van der Waals surface area contributed by atoms with Crippen LogP contribution in [-0.4, -0.2) is 12.1 Å². The summed E-state index contributed by atoms with van der Waals surface area (Å²) in [5, 5.41) is 0. The molecule has 1 aromatic carbocycles. The first-order valence-corrected chi connectivity index (χ1v) is 9.92. The Balaban J connectivity index is 1.82. The van der Waals surface area contributed by atoms with Crippen LogP contribution in [0.3, 0.4) is 0 Å². The Morgan fingerprint density at radius 2 is 1.57 bits per heavy atom. The average molecular weight is 406 g/mol. The number of esters is 1. The minimum atomic E-state index is -5.67. The van der Waals surface area contributed by atoms with Crippen molar-refractivity contribution in [3.63, 3.8) is 0 Å². The van der Waals surface area contributed by atoms with Gasteiger partial charge in [0.05, 0.1) is 5.92 Å². The molecular weight excluding hydrogens is 379 g/mol. The van der Waals surface area contributed by atoms with Crippen molar-refractivity contribution in [2.24, 2.45) is 11.8 Å². The molecule has 2 nitrogen and oxygen atoms in total. The maximum atomic E-state index is 13.3. The van der Waals surface area contributed by atoms with Crippen LogP contribution in [0.1, 0.15) is 70.3 Å². The van der Waals surface area contributed by atoms with E-state index in [0.717, 1.165) is 37.8 Å². The van der Waals surface area contributed by atoms with E-state index in [1.165, 1.54) is 32.1 Å². The molecule has 1 aliphatic carbocycles. The minimum absolute atomic E-state index is 0.0200. The van der Waals surface area contributed by atoms with Crippen LogP contribution >= 0.6 is 0 Å². The molecule has 0 atom stereocenters. The van der Waals surface area contributed by atoms with E-state index in [0.29, 0.717) is 18.1 Å². The molecule has 0 aromatic heterocycles. The van der Waals surface area contributed by atoms with Crippen LogP contribution in [0, 0.1) is 11.8 Å². The fourth-order valence-electron chi connectivity index (χ4n) is 3.64. The number of unbranched alkanes of at least 4 members (excludes halogenated alkanes) is 3. The number of benzene rings is 1. The second-order valence-electron chi connectivity index (χ2n) is 7.58.